The van der Waals surface area contributed by atoms with Crippen LogP contribution in [0.3, 0.4) is 0 Å². The number of hydrogen-bond donors (Lipinski definition) is 0. The summed E-state index contributed by atoms with van der Waals surface area (Å²) >= 11 is 0. The Balaban J connectivity index is 1.51. The lowest BCUT2D eigenvalue weighted by atomic mass is 10.1. The highest BCUT2D eigenvalue weighted by Gasteiger charge is 2.21. The van der Waals surface area contributed by atoms with Crippen LogP contribution >= 0.6 is 0 Å². The molecule has 29 heavy (non-hydrogen) atoms. The number of esters is 1. The van der Waals surface area contributed by atoms with Gasteiger partial charge in [-0.05, 0) is 49.2 Å². The van der Waals surface area contributed by atoms with Crippen LogP contribution in [0, 0.1) is 13.8 Å². The smallest absolute Gasteiger partial charge is 0.305 e. The topological polar surface area (TPSA) is 63.0 Å². The molecule has 1 aromatic heterocycles. The average Bonchev–Trinajstić information content (AvgIpc) is 3.20. The van der Waals surface area contributed by atoms with Crippen molar-refractivity contribution in [2.24, 2.45) is 0 Å². The van der Waals surface area contributed by atoms with Crippen molar-refractivity contribution in [1.82, 2.24) is 4.90 Å². The molecule has 0 saturated carbocycles. The second-order valence-electron chi connectivity index (χ2n) is 7.24. The summed E-state index contributed by atoms with van der Waals surface area (Å²) in [7, 11) is 1.37. The van der Waals surface area contributed by atoms with Crippen molar-refractivity contribution in [2.75, 3.05) is 38.2 Å². The van der Waals surface area contributed by atoms with Gasteiger partial charge >= 0.3 is 5.97 Å². The third-order valence-electron chi connectivity index (χ3n) is 5.38. The molecular formula is C23H28N2O4. The zero-order valence-corrected chi connectivity index (χ0v) is 17.3. The van der Waals surface area contributed by atoms with Crippen molar-refractivity contribution < 1.29 is 18.7 Å². The molecule has 1 aliphatic heterocycles. The standard InChI is InChI=1S/C23H28N2O4/c1-17-5-4-6-21(18(17)2)24-13-15-25(16-14-24)22(26)11-9-19-7-8-20(29-19)10-12-23(27)28-3/h4-9,11H,10,12-16H2,1-3H3/b11-9+. The van der Waals surface area contributed by atoms with Crippen molar-refractivity contribution in [2.45, 2.75) is 26.7 Å². The number of nitrogens with zero attached hydrogens (tertiary/aromatic N) is 2. The maximum atomic E-state index is 12.5. The predicted molar refractivity (Wildman–Crippen MR) is 113 cm³/mol. The second kappa shape index (κ2) is 9.45. The normalized spacial score (nSPS) is 14.4. The molecule has 0 radical (unpaired) electrons. The average molecular weight is 396 g/mol. The lowest BCUT2D eigenvalue weighted by Crippen LogP contribution is -2.48. The minimum atomic E-state index is -0.270. The number of rotatable bonds is 6. The number of aryl methyl sites for hydroxylation is 2. The highest BCUT2D eigenvalue weighted by atomic mass is 16.5. The number of furan rings is 1. The zero-order valence-electron chi connectivity index (χ0n) is 17.3. The van der Waals surface area contributed by atoms with Gasteiger partial charge in [0.25, 0.3) is 0 Å². The van der Waals surface area contributed by atoms with Gasteiger partial charge < -0.3 is 19.0 Å². The minimum Gasteiger partial charge on any atom is -0.469 e. The monoisotopic (exact) mass is 396 g/mol. The quantitative estimate of drug-likeness (QED) is 0.553. The van der Waals surface area contributed by atoms with Crippen molar-refractivity contribution in [3.8, 4) is 0 Å². The van der Waals surface area contributed by atoms with E-state index in [0.29, 0.717) is 31.0 Å². The van der Waals surface area contributed by atoms with Crippen molar-refractivity contribution >= 4 is 23.6 Å². The second-order valence-corrected chi connectivity index (χ2v) is 7.24. The molecule has 154 valence electrons. The first-order valence-corrected chi connectivity index (χ1v) is 9.91. The van der Waals surface area contributed by atoms with Gasteiger partial charge in [0.1, 0.15) is 11.5 Å². The Bertz CT molecular complexity index is 892. The highest BCUT2D eigenvalue weighted by Crippen LogP contribution is 2.24. The van der Waals surface area contributed by atoms with E-state index in [1.165, 1.54) is 23.9 Å². The van der Waals surface area contributed by atoms with Crippen LogP contribution in [0.5, 0.6) is 0 Å². The molecule has 1 amide bonds. The molecule has 6 nitrogen and oxygen atoms in total. The fraction of sp³-hybridized carbons (Fsp3) is 0.391. The van der Waals surface area contributed by atoms with Crippen LogP contribution in [0.2, 0.25) is 0 Å². The molecule has 2 aromatic rings. The van der Waals surface area contributed by atoms with Crippen molar-refractivity contribution in [3.63, 3.8) is 0 Å². The Hall–Kier alpha value is -3.02. The SMILES string of the molecule is COC(=O)CCc1ccc(/C=C/C(=O)N2CCN(c3cccc(C)c3C)CC2)o1. The van der Waals surface area contributed by atoms with Gasteiger partial charge in [-0.2, -0.15) is 0 Å². The third kappa shape index (κ3) is 5.28. The van der Waals surface area contributed by atoms with Crippen LogP contribution in [-0.4, -0.2) is 50.1 Å². The lowest BCUT2D eigenvalue weighted by molar-refractivity contribution is -0.140. The van der Waals surface area contributed by atoms with Crippen LogP contribution in [-0.2, 0) is 20.7 Å². The summed E-state index contributed by atoms with van der Waals surface area (Å²) in [6, 6.07) is 9.97. The number of carbonyl (C=O) groups excluding carboxylic acids is 2. The van der Waals surface area contributed by atoms with Gasteiger partial charge in [0.15, 0.2) is 0 Å². The number of carbonyl (C=O) groups is 2. The van der Waals surface area contributed by atoms with E-state index in [4.69, 9.17) is 4.42 Å². The Morgan fingerprint density at radius 2 is 1.86 bits per heavy atom. The fourth-order valence-electron chi connectivity index (χ4n) is 3.45. The van der Waals surface area contributed by atoms with Gasteiger partial charge in [-0.15, -0.1) is 0 Å². The molecule has 0 atom stereocenters. The van der Waals surface area contributed by atoms with Gasteiger partial charge in [-0.1, -0.05) is 12.1 Å². The number of ether oxygens (including phenoxy) is 1. The lowest BCUT2D eigenvalue weighted by Gasteiger charge is -2.36. The van der Waals surface area contributed by atoms with Gasteiger partial charge in [0.2, 0.25) is 5.91 Å². The summed E-state index contributed by atoms with van der Waals surface area (Å²) in [5.74, 6) is 1.02. The number of anilines is 1. The molecule has 0 aliphatic carbocycles. The van der Waals surface area contributed by atoms with Crippen LogP contribution in [0.4, 0.5) is 5.69 Å². The Morgan fingerprint density at radius 3 is 2.59 bits per heavy atom. The zero-order chi connectivity index (χ0) is 20.8. The molecular weight excluding hydrogens is 368 g/mol. The predicted octanol–water partition coefficient (Wildman–Crippen LogP) is 3.36. The van der Waals surface area contributed by atoms with E-state index in [1.807, 2.05) is 11.0 Å². The summed E-state index contributed by atoms with van der Waals surface area (Å²) in [4.78, 5) is 27.9. The van der Waals surface area contributed by atoms with E-state index in [9.17, 15) is 9.59 Å². The fourth-order valence-corrected chi connectivity index (χ4v) is 3.45. The number of hydrogen-bond acceptors (Lipinski definition) is 5. The van der Waals surface area contributed by atoms with E-state index in [-0.39, 0.29) is 18.3 Å². The molecule has 3 rings (SSSR count). The summed E-state index contributed by atoms with van der Waals surface area (Å²) in [5, 5.41) is 0. The van der Waals surface area contributed by atoms with Crippen LogP contribution in [0.1, 0.15) is 29.1 Å². The molecule has 0 spiro atoms. The Kier molecular flexibility index (Phi) is 6.75. The molecule has 1 saturated heterocycles. The molecule has 1 aliphatic rings. The number of benzene rings is 1. The molecule has 1 fully saturated rings. The summed E-state index contributed by atoms with van der Waals surface area (Å²) in [6.45, 7) is 7.30. The Morgan fingerprint density at radius 1 is 1.10 bits per heavy atom. The van der Waals surface area contributed by atoms with E-state index < -0.39 is 0 Å². The maximum absolute atomic E-state index is 12.5. The van der Waals surface area contributed by atoms with Crippen LogP contribution in [0.15, 0.2) is 40.8 Å². The first kappa shape index (κ1) is 20.7. The molecule has 1 aromatic carbocycles. The number of methoxy groups -OCH3 is 1. The summed E-state index contributed by atoms with van der Waals surface area (Å²) < 4.78 is 10.3. The molecule has 6 heteroatoms. The minimum absolute atomic E-state index is 0.0156. The number of piperazine rings is 1. The maximum Gasteiger partial charge on any atom is 0.305 e. The number of amides is 1. The van der Waals surface area contributed by atoms with Gasteiger partial charge in [-0.25, -0.2) is 0 Å². The summed E-state index contributed by atoms with van der Waals surface area (Å²) in [6.07, 6.45) is 3.99. The van der Waals surface area contributed by atoms with Crippen molar-refractivity contribution in [1.29, 1.82) is 0 Å². The van der Waals surface area contributed by atoms with E-state index in [2.05, 4.69) is 41.7 Å². The summed E-state index contributed by atoms with van der Waals surface area (Å²) in [5.41, 5.74) is 3.84. The highest BCUT2D eigenvalue weighted by molar-refractivity contribution is 5.91. The van der Waals surface area contributed by atoms with Gasteiger partial charge in [0, 0.05) is 44.4 Å². The first-order valence-electron chi connectivity index (χ1n) is 9.91. The van der Waals surface area contributed by atoms with Crippen molar-refractivity contribution in [3.05, 3.63) is 59.1 Å². The van der Waals surface area contributed by atoms with Crippen LogP contribution in [0.25, 0.3) is 6.08 Å². The van der Waals surface area contributed by atoms with Gasteiger partial charge in [0.05, 0.1) is 13.5 Å². The molecule has 0 bridgehead atoms. The van der Waals surface area contributed by atoms with Gasteiger partial charge in [-0.3, -0.25) is 9.59 Å². The molecule has 0 unspecified atom stereocenters. The largest absolute Gasteiger partial charge is 0.469 e. The Labute approximate surface area is 171 Å². The van der Waals surface area contributed by atoms with E-state index >= 15 is 0 Å². The molecule has 0 N–H and O–H groups in total. The molecule has 2 heterocycles. The van der Waals surface area contributed by atoms with Crippen LogP contribution < -0.4 is 4.90 Å². The first-order chi connectivity index (χ1) is 14.0. The van der Waals surface area contributed by atoms with E-state index in [1.54, 1.807) is 18.2 Å². The third-order valence-corrected chi connectivity index (χ3v) is 5.38. The van der Waals surface area contributed by atoms with E-state index in [0.717, 1.165) is 13.1 Å².